The zero-order valence-corrected chi connectivity index (χ0v) is 11.0. The number of pyridine rings is 1. The first kappa shape index (κ1) is 12.9. The largest absolute Gasteiger partial charge is 0.496 e. The first-order valence-corrected chi connectivity index (χ1v) is 5.93. The maximum absolute atomic E-state index is 10.4. The van der Waals surface area contributed by atoms with Gasteiger partial charge in [-0.15, -0.1) is 0 Å². The third-order valence-electron chi connectivity index (χ3n) is 2.72. The van der Waals surface area contributed by atoms with Gasteiger partial charge < -0.3 is 9.84 Å². The topological polar surface area (TPSA) is 42.4 Å². The predicted molar refractivity (Wildman–Crippen MR) is 71.0 cm³/mol. The van der Waals surface area contributed by atoms with E-state index in [1.54, 1.807) is 37.6 Å². The van der Waals surface area contributed by atoms with Gasteiger partial charge in [-0.1, -0.05) is 11.6 Å². The van der Waals surface area contributed by atoms with Crippen molar-refractivity contribution in [2.75, 3.05) is 7.11 Å². The van der Waals surface area contributed by atoms with Crippen LogP contribution in [0.15, 0.2) is 36.5 Å². The van der Waals surface area contributed by atoms with Gasteiger partial charge in [0.15, 0.2) is 0 Å². The van der Waals surface area contributed by atoms with Crippen molar-refractivity contribution in [3.63, 3.8) is 0 Å². The Balaban J connectivity index is 2.44. The lowest BCUT2D eigenvalue weighted by Gasteiger charge is -2.15. The fraction of sp³-hybridized carbons (Fsp3) is 0.214. The lowest BCUT2D eigenvalue weighted by atomic mass is 10.0. The van der Waals surface area contributed by atoms with Gasteiger partial charge in [0.05, 0.1) is 7.11 Å². The summed E-state index contributed by atoms with van der Waals surface area (Å²) in [6.07, 6.45) is 0.894. The van der Waals surface area contributed by atoms with Gasteiger partial charge in [0, 0.05) is 22.5 Å². The molecule has 1 aromatic carbocycles. The van der Waals surface area contributed by atoms with Crippen LogP contribution < -0.4 is 4.74 Å². The van der Waals surface area contributed by atoms with E-state index in [0.29, 0.717) is 16.3 Å². The summed E-state index contributed by atoms with van der Waals surface area (Å²) < 4.78 is 5.24. The summed E-state index contributed by atoms with van der Waals surface area (Å²) in [7, 11) is 1.57. The van der Waals surface area contributed by atoms with Crippen LogP contribution in [-0.2, 0) is 0 Å². The van der Waals surface area contributed by atoms with E-state index in [9.17, 15) is 5.11 Å². The Hall–Kier alpha value is -1.58. The molecule has 2 rings (SSSR count). The summed E-state index contributed by atoms with van der Waals surface area (Å²) in [5.74, 6) is 0.612. The Kier molecular flexibility index (Phi) is 3.84. The van der Waals surface area contributed by atoms with E-state index < -0.39 is 6.10 Å². The van der Waals surface area contributed by atoms with Crippen LogP contribution in [0.2, 0.25) is 5.02 Å². The Morgan fingerprint density at radius 3 is 2.72 bits per heavy atom. The molecule has 0 amide bonds. The molecule has 2 aromatic rings. The van der Waals surface area contributed by atoms with Crippen molar-refractivity contribution in [2.45, 2.75) is 13.0 Å². The first-order valence-electron chi connectivity index (χ1n) is 5.56. The average molecular weight is 264 g/mol. The number of hydrogen-bond acceptors (Lipinski definition) is 3. The second-order valence-corrected chi connectivity index (χ2v) is 4.46. The third kappa shape index (κ3) is 2.63. The molecule has 1 N–H and O–H groups in total. The van der Waals surface area contributed by atoms with Gasteiger partial charge in [0.2, 0.25) is 0 Å². The highest BCUT2D eigenvalue weighted by atomic mass is 35.5. The van der Waals surface area contributed by atoms with Crippen LogP contribution in [0, 0.1) is 6.92 Å². The van der Waals surface area contributed by atoms with Crippen molar-refractivity contribution in [3.05, 3.63) is 58.4 Å². The molecule has 0 fully saturated rings. The highest BCUT2D eigenvalue weighted by molar-refractivity contribution is 6.30. The molecule has 0 bridgehead atoms. The molecule has 0 aliphatic carbocycles. The molecule has 3 nitrogen and oxygen atoms in total. The van der Waals surface area contributed by atoms with Crippen molar-refractivity contribution in [3.8, 4) is 5.75 Å². The summed E-state index contributed by atoms with van der Waals surface area (Å²) in [4.78, 5) is 4.11. The molecular weight excluding hydrogens is 250 g/mol. The summed E-state index contributed by atoms with van der Waals surface area (Å²) in [5.41, 5.74) is 2.27. The molecule has 0 spiro atoms. The second kappa shape index (κ2) is 5.38. The van der Waals surface area contributed by atoms with Crippen LogP contribution >= 0.6 is 11.6 Å². The van der Waals surface area contributed by atoms with Crippen LogP contribution in [0.1, 0.15) is 22.9 Å². The van der Waals surface area contributed by atoms with Gasteiger partial charge in [0.25, 0.3) is 0 Å². The lowest BCUT2D eigenvalue weighted by molar-refractivity contribution is 0.214. The molecule has 0 radical (unpaired) electrons. The minimum atomic E-state index is -0.777. The minimum absolute atomic E-state index is 0.565. The number of aliphatic hydroxyl groups excluding tert-OH is 1. The molecule has 4 heteroatoms. The Bertz CT molecular complexity index is 557. The fourth-order valence-corrected chi connectivity index (χ4v) is 2.02. The maximum atomic E-state index is 10.4. The van der Waals surface area contributed by atoms with E-state index >= 15 is 0 Å². The number of benzene rings is 1. The van der Waals surface area contributed by atoms with E-state index in [1.807, 2.05) is 13.0 Å². The number of hydrogen-bond donors (Lipinski definition) is 1. The summed E-state index contributed by atoms with van der Waals surface area (Å²) in [5, 5.41) is 11.0. The second-order valence-electron chi connectivity index (χ2n) is 4.02. The van der Waals surface area contributed by atoms with Gasteiger partial charge in [-0.2, -0.15) is 0 Å². The molecule has 0 saturated heterocycles. The Labute approximate surface area is 111 Å². The van der Waals surface area contributed by atoms with E-state index in [0.717, 1.165) is 11.3 Å². The van der Waals surface area contributed by atoms with E-state index in [2.05, 4.69) is 4.98 Å². The van der Waals surface area contributed by atoms with Crippen LogP contribution in [-0.4, -0.2) is 17.2 Å². The number of aromatic nitrogens is 1. The van der Waals surface area contributed by atoms with Crippen molar-refractivity contribution >= 4 is 11.6 Å². The monoisotopic (exact) mass is 263 g/mol. The number of halogens is 1. The normalized spacial score (nSPS) is 12.2. The predicted octanol–water partition coefficient (Wildman–Crippen LogP) is 3.13. The van der Waals surface area contributed by atoms with Crippen molar-refractivity contribution in [1.29, 1.82) is 0 Å². The molecule has 1 atom stereocenters. The minimum Gasteiger partial charge on any atom is -0.496 e. The van der Waals surface area contributed by atoms with E-state index in [1.165, 1.54) is 0 Å². The molecule has 1 unspecified atom stereocenters. The average Bonchev–Trinajstić information content (AvgIpc) is 2.38. The van der Waals surface area contributed by atoms with Gasteiger partial charge in [-0.3, -0.25) is 4.98 Å². The van der Waals surface area contributed by atoms with Crippen LogP contribution in [0.3, 0.4) is 0 Å². The molecule has 0 aliphatic rings. The Morgan fingerprint density at radius 1 is 1.28 bits per heavy atom. The van der Waals surface area contributed by atoms with Crippen LogP contribution in [0.5, 0.6) is 5.75 Å². The summed E-state index contributed by atoms with van der Waals surface area (Å²) >= 11 is 5.96. The molecule has 0 aliphatic heterocycles. The Morgan fingerprint density at radius 2 is 2.06 bits per heavy atom. The quantitative estimate of drug-likeness (QED) is 0.925. The van der Waals surface area contributed by atoms with Crippen LogP contribution in [0.4, 0.5) is 0 Å². The zero-order chi connectivity index (χ0) is 13.1. The number of ether oxygens (including phenoxy) is 1. The zero-order valence-electron chi connectivity index (χ0n) is 10.2. The van der Waals surface area contributed by atoms with Gasteiger partial charge in [0.1, 0.15) is 11.9 Å². The van der Waals surface area contributed by atoms with E-state index in [-0.39, 0.29) is 0 Å². The highest BCUT2D eigenvalue weighted by Gasteiger charge is 2.16. The molecule has 18 heavy (non-hydrogen) atoms. The molecule has 0 saturated carbocycles. The number of aryl methyl sites for hydroxylation is 1. The van der Waals surface area contributed by atoms with Crippen LogP contribution in [0.25, 0.3) is 0 Å². The first-order chi connectivity index (χ1) is 8.61. The number of nitrogens with zero attached hydrogens (tertiary/aromatic N) is 1. The number of methoxy groups -OCH3 is 1. The highest BCUT2D eigenvalue weighted by Crippen LogP contribution is 2.32. The maximum Gasteiger partial charge on any atom is 0.125 e. The third-order valence-corrected chi connectivity index (χ3v) is 2.96. The van der Waals surface area contributed by atoms with E-state index in [4.69, 9.17) is 16.3 Å². The fourth-order valence-electron chi connectivity index (χ4n) is 1.84. The summed E-state index contributed by atoms with van der Waals surface area (Å²) in [6, 6.07) is 8.80. The van der Waals surface area contributed by atoms with Gasteiger partial charge in [-0.05, 0) is 42.8 Å². The molecule has 1 aromatic heterocycles. The molecular formula is C14H14ClNO2. The molecule has 1 heterocycles. The smallest absolute Gasteiger partial charge is 0.125 e. The molecule has 94 valence electrons. The number of aliphatic hydroxyl groups is 1. The van der Waals surface area contributed by atoms with Crippen molar-refractivity contribution in [2.24, 2.45) is 0 Å². The SMILES string of the molecule is COc1ccc(Cl)cc1C(O)c1ccnc(C)c1. The lowest BCUT2D eigenvalue weighted by Crippen LogP contribution is -2.03. The van der Waals surface area contributed by atoms with Crippen molar-refractivity contribution < 1.29 is 9.84 Å². The van der Waals surface area contributed by atoms with Crippen molar-refractivity contribution in [1.82, 2.24) is 4.98 Å². The van der Waals surface area contributed by atoms with Gasteiger partial charge >= 0.3 is 0 Å². The summed E-state index contributed by atoms with van der Waals surface area (Å²) in [6.45, 7) is 1.88. The standard InChI is InChI=1S/C14H14ClNO2/c1-9-7-10(5-6-16-9)14(17)12-8-11(15)3-4-13(12)18-2/h3-8,14,17H,1-2H3. The van der Waals surface area contributed by atoms with Gasteiger partial charge in [-0.25, -0.2) is 0 Å². The number of rotatable bonds is 3.